The molecule has 3 aromatic rings. The smallest absolute Gasteiger partial charge is 0.320 e. The summed E-state index contributed by atoms with van der Waals surface area (Å²) in [6.45, 7) is 5.21. The fourth-order valence-electron chi connectivity index (χ4n) is 4.35. The number of fused-ring (bicyclic) bond motifs is 1. The van der Waals surface area contributed by atoms with Crippen molar-refractivity contribution in [1.82, 2.24) is 4.90 Å². The number of hydrogen-bond donors (Lipinski definition) is 1. The lowest BCUT2D eigenvalue weighted by Gasteiger charge is -2.39. The van der Waals surface area contributed by atoms with E-state index in [1.165, 1.54) is 26.8 Å². The first-order valence-corrected chi connectivity index (χ1v) is 11.0. The van der Waals surface area contributed by atoms with Gasteiger partial charge in [0.25, 0.3) is 0 Å². The van der Waals surface area contributed by atoms with Gasteiger partial charge in [-0.15, -0.1) is 11.3 Å². The molecule has 28 heavy (non-hydrogen) atoms. The van der Waals surface area contributed by atoms with Crippen LogP contribution < -0.4 is 0 Å². The predicted octanol–water partition coefficient (Wildman–Crippen LogP) is 6.05. The van der Waals surface area contributed by atoms with Crippen LogP contribution in [0.15, 0.2) is 53.9 Å². The molecule has 1 N–H and O–H groups in total. The van der Waals surface area contributed by atoms with E-state index >= 15 is 0 Å². The molecule has 0 saturated carbocycles. The SMILES string of the molecule is CC(C)c1ccc(C(c2csc3ccccc23)N2CCCCC2C(=O)O)cc1. The van der Waals surface area contributed by atoms with Crippen LogP contribution >= 0.6 is 11.3 Å². The van der Waals surface area contributed by atoms with Crippen LogP contribution in [0, 0.1) is 0 Å². The quantitative estimate of drug-likeness (QED) is 0.573. The molecule has 0 bridgehead atoms. The molecule has 2 unspecified atom stereocenters. The summed E-state index contributed by atoms with van der Waals surface area (Å²) in [5.41, 5.74) is 3.72. The highest BCUT2D eigenvalue weighted by molar-refractivity contribution is 7.17. The Morgan fingerprint density at radius 1 is 1.07 bits per heavy atom. The maximum absolute atomic E-state index is 12.0. The number of piperidine rings is 1. The highest BCUT2D eigenvalue weighted by Gasteiger charge is 2.36. The highest BCUT2D eigenvalue weighted by Crippen LogP contribution is 2.40. The van der Waals surface area contributed by atoms with Crippen molar-refractivity contribution in [2.24, 2.45) is 0 Å². The number of carboxylic acids is 1. The van der Waals surface area contributed by atoms with Gasteiger partial charge in [0.1, 0.15) is 6.04 Å². The number of carbonyl (C=O) groups is 1. The molecule has 1 aliphatic heterocycles. The van der Waals surface area contributed by atoms with E-state index in [2.05, 4.69) is 72.7 Å². The Bertz CT molecular complexity index is 960. The van der Waals surface area contributed by atoms with Gasteiger partial charge in [0, 0.05) is 4.70 Å². The molecule has 3 nitrogen and oxygen atoms in total. The van der Waals surface area contributed by atoms with E-state index in [4.69, 9.17) is 0 Å². The largest absolute Gasteiger partial charge is 0.480 e. The van der Waals surface area contributed by atoms with E-state index in [9.17, 15) is 9.90 Å². The van der Waals surface area contributed by atoms with E-state index < -0.39 is 12.0 Å². The lowest BCUT2D eigenvalue weighted by Crippen LogP contribution is -2.46. The van der Waals surface area contributed by atoms with Gasteiger partial charge in [0.05, 0.1) is 6.04 Å². The summed E-state index contributed by atoms with van der Waals surface area (Å²) in [5, 5.41) is 13.4. The molecule has 4 rings (SSSR count). The first-order valence-electron chi connectivity index (χ1n) is 10.1. The van der Waals surface area contributed by atoms with Crippen LogP contribution in [-0.2, 0) is 4.79 Å². The molecule has 1 aromatic heterocycles. The summed E-state index contributed by atoms with van der Waals surface area (Å²) in [5.74, 6) is -0.223. The van der Waals surface area contributed by atoms with Crippen molar-refractivity contribution in [2.75, 3.05) is 6.54 Å². The minimum atomic E-state index is -0.706. The number of likely N-dealkylation sites (tertiary alicyclic amines) is 1. The molecule has 2 heterocycles. The molecular formula is C24H27NO2S. The van der Waals surface area contributed by atoms with Crippen molar-refractivity contribution >= 4 is 27.4 Å². The Morgan fingerprint density at radius 3 is 2.50 bits per heavy atom. The predicted molar refractivity (Wildman–Crippen MR) is 116 cm³/mol. The fourth-order valence-corrected chi connectivity index (χ4v) is 5.33. The van der Waals surface area contributed by atoms with Crippen LogP contribution in [0.3, 0.4) is 0 Å². The summed E-state index contributed by atoms with van der Waals surface area (Å²) in [4.78, 5) is 14.3. The molecule has 4 heteroatoms. The summed E-state index contributed by atoms with van der Waals surface area (Å²) >= 11 is 1.74. The molecule has 2 atom stereocenters. The van der Waals surface area contributed by atoms with Crippen molar-refractivity contribution in [1.29, 1.82) is 0 Å². The average molecular weight is 394 g/mol. The van der Waals surface area contributed by atoms with E-state index in [-0.39, 0.29) is 6.04 Å². The van der Waals surface area contributed by atoms with Gasteiger partial charge in [-0.25, -0.2) is 0 Å². The number of aliphatic carboxylic acids is 1. The molecule has 1 aliphatic rings. The minimum Gasteiger partial charge on any atom is -0.480 e. The van der Waals surface area contributed by atoms with E-state index in [0.717, 1.165) is 25.8 Å². The van der Waals surface area contributed by atoms with Crippen LogP contribution in [0.5, 0.6) is 0 Å². The average Bonchev–Trinajstić information content (AvgIpc) is 3.13. The Kier molecular flexibility index (Phi) is 5.51. The summed E-state index contributed by atoms with van der Waals surface area (Å²) < 4.78 is 1.25. The highest BCUT2D eigenvalue weighted by atomic mass is 32.1. The van der Waals surface area contributed by atoms with Gasteiger partial charge in [-0.05, 0) is 58.8 Å². The minimum absolute atomic E-state index is 0.0289. The molecular weight excluding hydrogens is 366 g/mol. The summed E-state index contributed by atoms with van der Waals surface area (Å²) in [6, 6.07) is 16.8. The Morgan fingerprint density at radius 2 is 1.79 bits per heavy atom. The third-order valence-corrected chi connectivity index (χ3v) is 6.87. The van der Waals surface area contributed by atoms with E-state index in [0.29, 0.717) is 5.92 Å². The lowest BCUT2D eigenvalue weighted by atomic mass is 9.90. The second-order valence-electron chi connectivity index (χ2n) is 8.00. The standard InChI is InChI=1S/C24H27NO2S/c1-16(2)17-10-12-18(13-11-17)23(25-14-6-5-8-21(25)24(26)27)20-15-28-22-9-4-3-7-19(20)22/h3-4,7,9-13,15-16,21,23H,5-6,8,14H2,1-2H3,(H,26,27). The summed E-state index contributed by atoms with van der Waals surface area (Å²) in [6.07, 6.45) is 2.75. The number of carboxylic acid groups (broad SMARTS) is 1. The molecule has 0 amide bonds. The first kappa shape index (κ1) is 19.2. The first-order chi connectivity index (χ1) is 13.6. The molecule has 1 saturated heterocycles. The number of nitrogens with zero attached hydrogens (tertiary/aromatic N) is 1. The molecule has 0 radical (unpaired) electrons. The Labute approximate surface area is 170 Å². The van der Waals surface area contributed by atoms with Crippen LogP contribution in [-0.4, -0.2) is 28.6 Å². The van der Waals surface area contributed by atoms with Crippen molar-refractivity contribution in [2.45, 2.75) is 51.1 Å². The number of benzene rings is 2. The fraction of sp³-hybridized carbons (Fsp3) is 0.375. The van der Waals surface area contributed by atoms with Gasteiger partial charge < -0.3 is 5.11 Å². The number of hydrogen-bond acceptors (Lipinski definition) is 3. The van der Waals surface area contributed by atoms with E-state index in [1.807, 2.05) is 0 Å². The molecule has 0 aliphatic carbocycles. The van der Waals surface area contributed by atoms with Crippen molar-refractivity contribution in [3.05, 3.63) is 70.6 Å². The zero-order valence-corrected chi connectivity index (χ0v) is 17.3. The van der Waals surface area contributed by atoms with E-state index in [1.54, 1.807) is 11.3 Å². The van der Waals surface area contributed by atoms with Gasteiger partial charge >= 0.3 is 5.97 Å². The monoisotopic (exact) mass is 393 g/mol. The van der Waals surface area contributed by atoms with Crippen LogP contribution in [0.1, 0.15) is 61.8 Å². The van der Waals surface area contributed by atoms with Gasteiger partial charge in [-0.3, -0.25) is 9.69 Å². The topological polar surface area (TPSA) is 40.5 Å². The van der Waals surface area contributed by atoms with Crippen molar-refractivity contribution in [3.63, 3.8) is 0 Å². The number of thiophene rings is 1. The van der Waals surface area contributed by atoms with Gasteiger partial charge in [-0.1, -0.05) is 62.7 Å². The summed E-state index contributed by atoms with van der Waals surface area (Å²) in [7, 11) is 0. The molecule has 2 aromatic carbocycles. The van der Waals surface area contributed by atoms with Gasteiger partial charge in [0.15, 0.2) is 0 Å². The number of rotatable bonds is 5. The van der Waals surface area contributed by atoms with Crippen molar-refractivity contribution in [3.8, 4) is 0 Å². The third kappa shape index (κ3) is 3.59. The maximum Gasteiger partial charge on any atom is 0.320 e. The van der Waals surface area contributed by atoms with Gasteiger partial charge in [-0.2, -0.15) is 0 Å². The normalized spacial score (nSPS) is 19.2. The lowest BCUT2D eigenvalue weighted by molar-refractivity contribution is -0.145. The van der Waals surface area contributed by atoms with Crippen LogP contribution in [0.4, 0.5) is 0 Å². The van der Waals surface area contributed by atoms with Crippen LogP contribution in [0.25, 0.3) is 10.1 Å². The molecule has 1 fully saturated rings. The van der Waals surface area contributed by atoms with Crippen LogP contribution in [0.2, 0.25) is 0 Å². The molecule has 146 valence electrons. The second-order valence-corrected chi connectivity index (χ2v) is 8.91. The van der Waals surface area contributed by atoms with Gasteiger partial charge in [0.2, 0.25) is 0 Å². The second kappa shape index (κ2) is 8.06. The third-order valence-electron chi connectivity index (χ3n) is 5.89. The molecule has 0 spiro atoms. The zero-order valence-electron chi connectivity index (χ0n) is 16.5. The Balaban J connectivity index is 1.84. The zero-order chi connectivity index (χ0) is 19.7. The van der Waals surface area contributed by atoms with Crippen molar-refractivity contribution < 1.29 is 9.90 Å². The Hall–Kier alpha value is -2.17. The maximum atomic E-state index is 12.0.